The van der Waals surface area contributed by atoms with Gasteiger partial charge in [0, 0.05) is 42.0 Å². The van der Waals surface area contributed by atoms with Crippen LogP contribution in [0.5, 0.6) is 5.88 Å². The number of aliphatic hydroxyl groups excluding tert-OH is 1. The number of likely N-dealkylation sites (N-methyl/N-ethyl adjacent to an activating group) is 1. The van der Waals surface area contributed by atoms with Crippen LogP contribution in [0.3, 0.4) is 0 Å². The zero-order valence-electron chi connectivity index (χ0n) is 29.1. The second-order valence-electron chi connectivity index (χ2n) is 14.0. The maximum Gasteiger partial charge on any atom is 0.219 e. The number of rotatable bonds is 10. The topological polar surface area (TPSA) is 208 Å². The number of aryl methyl sites for hydroxylation is 1. The summed E-state index contributed by atoms with van der Waals surface area (Å²) >= 11 is 1.43. The lowest BCUT2D eigenvalue weighted by atomic mass is 9.63. The molecule has 4 aliphatic rings. The molecule has 0 unspecified atom stereocenters. The third-order valence-corrected chi connectivity index (χ3v) is 11.9. The first-order valence-electron chi connectivity index (χ1n) is 17.8. The van der Waals surface area contributed by atoms with Crippen molar-refractivity contribution in [3.05, 3.63) is 63.4 Å². The van der Waals surface area contributed by atoms with Crippen LogP contribution in [0.4, 0.5) is 10.8 Å². The molecule has 6 N–H and O–H groups in total. The minimum atomic E-state index is -0.765. The van der Waals surface area contributed by atoms with Crippen LogP contribution in [-0.4, -0.2) is 85.3 Å². The first-order chi connectivity index (χ1) is 24.7. The SMILES string of the molecule is C[C@H](Oc1cc(N/C=C\C(=N)c2cn(C3CCOCC3)nn2)nc(C(=N)C2=C(O)[C@@]3(CCC2)CCCc2sc(N)c(C#N)c23)n1)[C@@H]1CCCN1C. The number of ether oxygens (including phenoxy) is 2. The van der Waals surface area contributed by atoms with E-state index in [1.807, 2.05) is 11.6 Å². The van der Waals surface area contributed by atoms with Crippen molar-refractivity contribution in [3.63, 3.8) is 0 Å². The van der Waals surface area contributed by atoms with Crippen molar-refractivity contribution in [2.24, 2.45) is 0 Å². The monoisotopic (exact) mass is 711 g/mol. The Morgan fingerprint density at radius 3 is 2.75 bits per heavy atom. The van der Waals surface area contributed by atoms with Gasteiger partial charge >= 0.3 is 0 Å². The minimum Gasteiger partial charge on any atom is -0.511 e. The van der Waals surface area contributed by atoms with Crippen molar-refractivity contribution in [2.75, 3.05) is 37.9 Å². The lowest BCUT2D eigenvalue weighted by molar-refractivity contribution is 0.0657. The first kappa shape index (κ1) is 34.8. The molecule has 15 heteroatoms. The predicted octanol–water partition coefficient (Wildman–Crippen LogP) is 5.43. The average molecular weight is 712 g/mol. The quantitative estimate of drug-likeness (QED) is 0.168. The number of nitrogens with one attached hydrogen (secondary N) is 3. The first-order valence-corrected chi connectivity index (χ1v) is 18.6. The largest absolute Gasteiger partial charge is 0.511 e. The molecule has 14 nitrogen and oxygen atoms in total. The summed E-state index contributed by atoms with van der Waals surface area (Å²) in [5.41, 5.74) is 7.91. The summed E-state index contributed by atoms with van der Waals surface area (Å²) in [7, 11) is 2.09. The van der Waals surface area contributed by atoms with Crippen LogP contribution in [-0.2, 0) is 16.6 Å². The highest BCUT2D eigenvalue weighted by Crippen LogP contribution is 2.54. The zero-order valence-corrected chi connectivity index (χ0v) is 29.9. The highest BCUT2D eigenvalue weighted by molar-refractivity contribution is 7.16. The third kappa shape index (κ3) is 6.75. The van der Waals surface area contributed by atoms with E-state index in [0.29, 0.717) is 66.0 Å². The van der Waals surface area contributed by atoms with Gasteiger partial charge in [-0.05, 0) is 96.4 Å². The molecule has 0 saturated carbocycles. The zero-order chi connectivity index (χ0) is 35.7. The maximum absolute atomic E-state index is 12.0. The van der Waals surface area contributed by atoms with Crippen LogP contribution < -0.4 is 15.8 Å². The fourth-order valence-electron chi connectivity index (χ4n) is 8.22. The van der Waals surface area contributed by atoms with E-state index < -0.39 is 5.41 Å². The summed E-state index contributed by atoms with van der Waals surface area (Å²) in [4.78, 5) is 12.7. The van der Waals surface area contributed by atoms with Crippen LogP contribution in [0.25, 0.3) is 0 Å². The summed E-state index contributed by atoms with van der Waals surface area (Å²) in [5.74, 6) is 0.918. The van der Waals surface area contributed by atoms with Gasteiger partial charge in [-0.15, -0.1) is 16.4 Å². The van der Waals surface area contributed by atoms with Gasteiger partial charge in [-0.3, -0.25) is 15.7 Å². The highest BCUT2D eigenvalue weighted by atomic mass is 32.1. The van der Waals surface area contributed by atoms with Gasteiger partial charge in [-0.25, -0.2) is 9.67 Å². The standard InChI is InChI=1S/C36H45N11O3S/c1-21(27-7-5-15-46(27)2)50-30-18-29(41-14-9-25(38)26-20-47(45-44-26)22-10-16-49-17-11-22)42-35(43-30)32(39)23-6-3-12-36(33(23)48)13-4-8-28-31(36)24(19-37)34(40)51-28/h9,14,18,20-22,27,38-39,48H,3-8,10-13,15-17,40H2,1-2H3,(H,41,42,43)/b14-9-,38-25?,39-32?/t21-,27-,36-/m0/s1. The number of hydrogen-bond acceptors (Lipinski definition) is 14. The lowest BCUT2D eigenvalue weighted by Gasteiger charge is -2.41. The molecule has 2 aliphatic carbocycles. The molecule has 2 aliphatic heterocycles. The van der Waals surface area contributed by atoms with E-state index >= 15 is 0 Å². The van der Waals surface area contributed by atoms with Gasteiger partial charge in [0.15, 0.2) is 5.82 Å². The molecule has 268 valence electrons. The van der Waals surface area contributed by atoms with Gasteiger partial charge in [0.05, 0.1) is 28.9 Å². The second kappa shape index (κ2) is 14.5. The average Bonchev–Trinajstić information content (AvgIpc) is 3.88. The number of fused-ring (bicyclic) bond motifs is 2. The van der Waals surface area contributed by atoms with E-state index in [0.717, 1.165) is 61.9 Å². The fourth-order valence-corrected chi connectivity index (χ4v) is 9.38. The van der Waals surface area contributed by atoms with Crippen LogP contribution in [0.15, 0.2) is 35.9 Å². The molecule has 0 aromatic carbocycles. The smallest absolute Gasteiger partial charge is 0.219 e. The molecule has 2 saturated heterocycles. The Balaban J connectivity index is 1.17. The normalized spacial score (nSPS) is 23.4. The lowest BCUT2D eigenvalue weighted by Crippen LogP contribution is -2.38. The van der Waals surface area contributed by atoms with Crippen molar-refractivity contribution in [1.82, 2.24) is 29.9 Å². The molecular formula is C36H45N11O3S. The van der Waals surface area contributed by atoms with Gasteiger partial charge in [-0.2, -0.15) is 10.2 Å². The Labute approximate surface area is 301 Å². The third-order valence-electron chi connectivity index (χ3n) is 10.9. The summed E-state index contributed by atoms with van der Waals surface area (Å²) in [6.07, 6.45) is 12.9. The fraction of sp³-hybridized carbons (Fsp3) is 0.528. The van der Waals surface area contributed by atoms with Crippen molar-refractivity contribution >= 4 is 33.6 Å². The van der Waals surface area contributed by atoms with Gasteiger partial charge in [-0.1, -0.05) is 5.21 Å². The molecule has 1 spiro atoms. The molecule has 7 rings (SSSR count). The molecule has 51 heavy (non-hydrogen) atoms. The Hall–Kier alpha value is -4.65. The maximum atomic E-state index is 12.0. The number of aliphatic hydroxyl groups is 1. The van der Waals surface area contributed by atoms with Crippen LogP contribution in [0, 0.1) is 22.1 Å². The number of anilines is 2. The molecule has 3 atom stereocenters. The Morgan fingerprint density at radius 2 is 2.00 bits per heavy atom. The molecule has 0 bridgehead atoms. The molecule has 5 heterocycles. The Bertz CT molecular complexity index is 1920. The summed E-state index contributed by atoms with van der Waals surface area (Å²) in [6, 6.07) is 4.42. The molecule has 2 fully saturated rings. The van der Waals surface area contributed by atoms with Gasteiger partial charge in [0.2, 0.25) is 5.88 Å². The van der Waals surface area contributed by atoms with Gasteiger partial charge in [0.1, 0.15) is 40.2 Å². The number of nitrogens with zero attached hydrogens (tertiary/aromatic N) is 7. The number of nitriles is 1. The van der Waals surface area contributed by atoms with Crippen LogP contribution in [0.1, 0.15) is 98.3 Å². The summed E-state index contributed by atoms with van der Waals surface area (Å²) in [5, 5.41) is 52.1. The number of thiophene rings is 1. The van der Waals surface area contributed by atoms with E-state index in [1.165, 1.54) is 11.3 Å². The summed E-state index contributed by atoms with van der Waals surface area (Å²) < 4.78 is 13.7. The van der Waals surface area contributed by atoms with E-state index in [2.05, 4.69) is 33.6 Å². The van der Waals surface area contributed by atoms with Gasteiger partial charge in [0.25, 0.3) is 0 Å². The Kier molecular flexibility index (Phi) is 9.91. The van der Waals surface area contributed by atoms with E-state index in [1.54, 1.807) is 24.5 Å². The van der Waals surface area contributed by atoms with Crippen molar-refractivity contribution in [3.8, 4) is 11.9 Å². The summed E-state index contributed by atoms with van der Waals surface area (Å²) in [6.45, 7) is 4.41. The van der Waals surface area contributed by atoms with Gasteiger partial charge < -0.3 is 25.6 Å². The number of hydrogen-bond donors (Lipinski definition) is 5. The second-order valence-corrected chi connectivity index (χ2v) is 15.1. The number of nitrogens with two attached hydrogens (primary N) is 1. The molecule has 0 amide bonds. The van der Waals surface area contributed by atoms with Crippen LogP contribution in [0.2, 0.25) is 0 Å². The number of allylic oxidation sites excluding steroid dienone is 3. The molecule has 0 radical (unpaired) electrons. The predicted molar refractivity (Wildman–Crippen MR) is 195 cm³/mol. The number of aromatic nitrogens is 5. The molecule has 3 aromatic heterocycles. The molecule has 3 aromatic rings. The van der Waals surface area contributed by atoms with E-state index in [-0.39, 0.29) is 41.2 Å². The van der Waals surface area contributed by atoms with Crippen molar-refractivity contribution in [1.29, 1.82) is 16.1 Å². The van der Waals surface area contributed by atoms with Crippen molar-refractivity contribution in [2.45, 2.75) is 94.7 Å². The van der Waals surface area contributed by atoms with E-state index in [4.69, 9.17) is 30.6 Å². The minimum absolute atomic E-state index is 0.0148. The molecular weight excluding hydrogens is 667 g/mol. The number of nitrogen functional groups attached to an aromatic ring is 1. The van der Waals surface area contributed by atoms with Crippen LogP contribution >= 0.6 is 11.3 Å². The Morgan fingerprint density at radius 1 is 1.22 bits per heavy atom. The highest BCUT2D eigenvalue weighted by Gasteiger charge is 2.47. The van der Waals surface area contributed by atoms with E-state index in [9.17, 15) is 15.8 Å². The van der Waals surface area contributed by atoms with Crippen molar-refractivity contribution < 1.29 is 14.6 Å². The number of likely N-dealkylation sites (tertiary alicyclic amines) is 1.